The average Bonchev–Trinajstić information content (AvgIpc) is 2.34. The van der Waals surface area contributed by atoms with Crippen LogP contribution in [0.1, 0.15) is 11.1 Å². The van der Waals surface area contributed by atoms with Crippen molar-refractivity contribution in [3.8, 4) is 0 Å². The molecule has 1 radical (unpaired) electrons. The van der Waals surface area contributed by atoms with E-state index in [1.165, 1.54) is 11.1 Å². The van der Waals surface area contributed by atoms with E-state index in [1.54, 1.807) is 0 Å². The Balaban J connectivity index is 1.83. The normalized spacial score (nSPS) is 10.5. The molecular weight excluding hydrogens is 253 g/mol. The van der Waals surface area contributed by atoms with E-state index in [4.69, 9.17) is 23.2 Å². The third-order valence-corrected chi connectivity index (χ3v) is 2.92. The van der Waals surface area contributed by atoms with Crippen molar-refractivity contribution in [2.75, 3.05) is 0 Å². The molecule has 0 aliphatic rings. The van der Waals surface area contributed by atoms with Crippen molar-refractivity contribution in [2.45, 2.75) is 13.1 Å². The van der Waals surface area contributed by atoms with E-state index in [9.17, 15) is 0 Å². The molecule has 0 fully saturated rings. The first-order valence-electron chi connectivity index (χ1n) is 5.36. The van der Waals surface area contributed by atoms with Gasteiger partial charge in [0.05, 0.1) is 0 Å². The summed E-state index contributed by atoms with van der Waals surface area (Å²) in [6, 6.07) is 15.5. The summed E-state index contributed by atoms with van der Waals surface area (Å²) in [5.41, 5.74) is 2.34. The van der Waals surface area contributed by atoms with Crippen molar-refractivity contribution >= 4 is 23.2 Å². The van der Waals surface area contributed by atoms with Gasteiger partial charge in [0.15, 0.2) is 0 Å². The summed E-state index contributed by atoms with van der Waals surface area (Å²) in [6.45, 7) is 1.42. The highest BCUT2D eigenvalue weighted by atomic mass is 35.5. The van der Waals surface area contributed by atoms with Crippen LogP contribution in [0.5, 0.6) is 0 Å². The molecule has 0 saturated heterocycles. The Kier molecular flexibility index (Phi) is 4.43. The summed E-state index contributed by atoms with van der Waals surface area (Å²) in [5, 5.41) is 6.00. The van der Waals surface area contributed by atoms with Crippen molar-refractivity contribution < 1.29 is 0 Å². The minimum Gasteiger partial charge on any atom is -0.232 e. The highest BCUT2D eigenvalue weighted by Gasteiger charge is 1.96. The number of halogens is 2. The monoisotopic (exact) mass is 264 g/mol. The SMILES string of the molecule is Clc1ccc(C[N]Cc2ccc(Cl)cc2)cc1. The van der Waals surface area contributed by atoms with Crippen LogP contribution in [0.4, 0.5) is 0 Å². The van der Waals surface area contributed by atoms with Crippen molar-refractivity contribution in [1.82, 2.24) is 5.32 Å². The van der Waals surface area contributed by atoms with Crippen LogP contribution in [-0.4, -0.2) is 0 Å². The molecule has 1 nitrogen and oxygen atoms in total. The predicted molar refractivity (Wildman–Crippen MR) is 72.4 cm³/mol. The molecule has 2 aromatic carbocycles. The quantitative estimate of drug-likeness (QED) is 0.782. The first-order chi connectivity index (χ1) is 8.24. The van der Waals surface area contributed by atoms with E-state index >= 15 is 0 Å². The average molecular weight is 265 g/mol. The molecular formula is C14H12Cl2N. The third kappa shape index (κ3) is 4.04. The maximum absolute atomic E-state index is 5.81. The van der Waals surface area contributed by atoms with E-state index in [-0.39, 0.29) is 0 Å². The second-order valence-electron chi connectivity index (χ2n) is 3.79. The Morgan fingerprint density at radius 3 is 1.35 bits per heavy atom. The Hall–Kier alpha value is -1.02. The van der Waals surface area contributed by atoms with E-state index < -0.39 is 0 Å². The van der Waals surface area contributed by atoms with Crippen LogP contribution >= 0.6 is 23.2 Å². The summed E-state index contributed by atoms with van der Waals surface area (Å²) in [6.07, 6.45) is 0. The molecule has 0 spiro atoms. The van der Waals surface area contributed by atoms with Gasteiger partial charge in [-0.05, 0) is 35.4 Å². The number of hydrogen-bond donors (Lipinski definition) is 0. The highest BCUT2D eigenvalue weighted by Crippen LogP contribution is 2.11. The molecule has 0 amide bonds. The topological polar surface area (TPSA) is 14.1 Å². The molecule has 0 N–H and O–H groups in total. The lowest BCUT2D eigenvalue weighted by molar-refractivity contribution is 0.677. The number of hydrogen-bond acceptors (Lipinski definition) is 0. The number of rotatable bonds is 4. The van der Waals surface area contributed by atoms with Gasteiger partial charge in [-0.15, -0.1) is 0 Å². The van der Waals surface area contributed by atoms with Crippen molar-refractivity contribution in [3.63, 3.8) is 0 Å². The lowest BCUT2D eigenvalue weighted by atomic mass is 10.2. The molecule has 0 aliphatic carbocycles. The lowest BCUT2D eigenvalue weighted by Crippen LogP contribution is -2.04. The van der Waals surface area contributed by atoms with Crippen LogP contribution in [0.3, 0.4) is 0 Å². The van der Waals surface area contributed by atoms with Gasteiger partial charge in [-0.2, -0.15) is 0 Å². The standard InChI is InChI=1S/C14H12Cl2N/c15-13-5-1-11(2-6-13)9-17-10-12-3-7-14(16)8-4-12/h1-8H,9-10H2. The summed E-state index contributed by atoms with van der Waals surface area (Å²) in [5.74, 6) is 0. The zero-order chi connectivity index (χ0) is 12.1. The zero-order valence-corrected chi connectivity index (χ0v) is 10.7. The Morgan fingerprint density at radius 1 is 0.647 bits per heavy atom. The Bertz CT molecular complexity index is 417. The fourth-order valence-corrected chi connectivity index (χ4v) is 1.75. The van der Waals surface area contributed by atoms with Gasteiger partial charge in [-0.25, -0.2) is 5.32 Å². The maximum atomic E-state index is 5.81. The maximum Gasteiger partial charge on any atom is 0.0406 e. The Morgan fingerprint density at radius 2 is 1.00 bits per heavy atom. The van der Waals surface area contributed by atoms with Crippen LogP contribution in [0.2, 0.25) is 10.0 Å². The molecule has 2 aromatic rings. The van der Waals surface area contributed by atoms with Gasteiger partial charge in [0, 0.05) is 23.1 Å². The molecule has 0 bridgehead atoms. The summed E-state index contributed by atoms with van der Waals surface area (Å²) >= 11 is 11.6. The minimum absolute atomic E-state index is 0.708. The predicted octanol–water partition coefficient (Wildman–Crippen LogP) is 4.30. The smallest absolute Gasteiger partial charge is 0.0406 e. The molecule has 17 heavy (non-hydrogen) atoms. The van der Waals surface area contributed by atoms with Crippen LogP contribution in [0, 0.1) is 0 Å². The molecule has 0 unspecified atom stereocenters. The second kappa shape index (κ2) is 6.06. The van der Waals surface area contributed by atoms with Crippen LogP contribution in [0.25, 0.3) is 0 Å². The molecule has 0 aromatic heterocycles. The Labute approximate surface area is 111 Å². The second-order valence-corrected chi connectivity index (χ2v) is 4.67. The number of benzene rings is 2. The summed E-state index contributed by atoms with van der Waals surface area (Å²) in [7, 11) is 0. The first kappa shape index (κ1) is 12.4. The fourth-order valence-electron chi connectivity index (χ4n) is 1.49. The van der Waals surface area contributed by atoms with Gasteiger partial charge >= 0.3 is 0 Å². The minimum atomic E-state index is 0.708. The van der Waals surface area contributed by atoms with Crippen molar-refractivity contribution in [1.29, 1.82) is 0 Å². The molecule has 0 atom stereocenters. The van der Waals surface area contributed by atoms with Gasteiger partial charge < -0.3 is 0 Å². The first-order valence-corrected chi connectivity index (χ1v) is 6.12. The van der Waals surface area contributed by atoms with Gasteiger partial charge in [-0.1, -0.05) is 47.5 Å². The van der Waals surface area contributed by atoms with E-state index in [0.29, 0.717) is 13.1 Å². The summed E-state index contributed by atoms with van der Waals surface area (Å²) in [4.78, 5) is 0. The zero-order valence-electron chi connectivity index (χ0n) is 9.24. The van der Waals surface area contributed by atoms with Crippen LogP contribution in [0.15, 0.2) is 48.5 Å². The summed E-state index contributed by atoms with van der Waals surface area (Å²) < 4.78 is 0. The van der Waals surface area contributed by atoms with Gasteiger partial charge in [0.2, 0.25) is 0 Å². The third-order valence-electron chi connectivity index (χ3n) is 2.42. The van der Waals surface area contributed by atoms with Gasteiger partial charge in [0.1, 0.15) is 0 Å². The largest absolute Gasteiger partial charge is 0.232 e. The van der Waals surface area contributed by atoms with E-state index in [0.717, 1.165) is 10.0 Å². The van der Waals surface area contributed by atoms with Gasteiger partial charge in [0.25, 0.3) is 0 Å². The molecule has 2 rings (SSSR count). The van der Waals surface area contributed by atoms with E-state index in [1.807, 2.05) is 48.5 Å². The lowest BCUT2D eigenvalue weighted by Gasteiger charge is -2.03. The van der Waals surface area contributed by atoms with Crippen molar-refractivity contribution in [3.05, 3.63) is 69.7 Å². The fraction of sp³-hybridized carbons (Fsp3) is 0.143. The molecule has 87 valence electrons. The molecule has 0 heterocycles. The van der Waals surface area contributed by atoms with Crippen molar-refractivity contribution in [2.24, 2.45) is 0 Å². The number of nitrogens with zero attached hydrogens (tertiary/aromatic N) is 1. The molecule has 0 aliphatic heterocycles. The van der Waals surface area contributed by atoms with Crippen LogP contribution in [-0.2, 0) is 13.1 Å². The van der Waals surface area contributed by atoms with E-state index in [2.05, 4.69) is 5.32 Å². The van der Waals surface area contributed by atoms with Gasteiger partial charge in [-0.3, -0.25) is 0 Å². The highest BCUT2D eigenvalue weighted by molar-refractivity contribution is 6.30. The van der Waals surface area contributed by atoms with Crippen LogP contribution < -0.4 is 5.32 Å². The molecule has 0 saturated carbocycles. The molecule has 3 heteroatoms.